The fourth-order valence-corrected chi connectivity index (χ4v) is 4.32. The molecule has 0 amide bonds. The third kappa shape index (κ3) is 5.61. The molecule has 1 heterocycles. The highest BCUT2D eigenvalue weighted by Crippen LogP contribution is 2.33. The molecule has 1 aliphatic heterocycles. The van der Waals surface area contributed by atoms with Gasteiger partial charge in [-0.3, -0.25) is 0 Å². The second-order valence-corrected chi connectivity index (χ2v) is 8.48. The van der Waals surface area contributed by atoms with E-state index in [4.69, 9.17) is 23.2 Å². The zero-order valence-electron chi connectivity index (χ0n) is 11.8. The van der Waals surface area contributed by atoms with Crippen LogP contribution in [-0.4, -0.2) is 33.5 Å². The van der Waals surface area contributed by atoms with E-state index in [-0.39, 0.29) is 30.0 Å². The molecule has 1 aliphatic rings. The maximum atomic E-state index is 11.6. The van der Waals surface area contributed by atoms with Crippen LogP contribution in [0.3, 0.4) is 0 Å². The molecule has 21 heavy (non-hydrogen) atoms. The number of rotatable bonds is 3. The number of benzene rings is 1. The molecule has 0 radical (unpaired) electrons. The molecule has 2 rings (SSSR count). The average Bonchev–Trinajstić information content (AvgIpc) is 2.56. The summed E-state index contributed by atoms with van der Waals surface area (Å²) in [7, 11) is -2.99. The average molecular weight is 373 g/mol. The summed E-state index contributed by atoms with van der Waals surface area (Å²) in [6.07, 6.45) is 3.21. The van der Waals surface area contributed by atoms with Crippen molar-refractivity contribution in [3.8, 4) is 0 Å². The van der Waals surface area contributed by atoms with Crippen LogP contribution in [0.15, 0.2) is 18.2 Å². The number of halogens is 3. The minimum atomic E-state index is -2.99. The van der Waals surface area contributed by atoms with Crippen molar-refractivity contribution in [2.24, 2.45) is 5.92 Å². The normalized spacial score (nSPS) is 23.2. The van der Waals surface area contributed by atoms with Crippen molar-refractivity contribution in [1.29, 1.82) is 0 Å². The SMILES string of the molecule is CS(=O)(=O)CC1CCCNCC1c1ccc(Cl)c(Cl)c1.Cl. The number of sulfone groups is 1. The molecule has 1 saturated heterocycles. The van der Waals surface area contributed by atoms with Crippen LogP contribution in [0.5, 0.6) is 0 Å². The summed E-state index contributed by atoms with van der Waals surface area (Å²) in [4.78, 5) is 0. The standard InChI is InChI=1S/C14H19Cl2NO2S.ClH/c1-20(18,19)9-11-3-2-6-17-8-12(11)10-4-5-13(15)14(16)7-10;/h4-5,7,11-12,17H,2-3,6,8-9H2,1H3;1H. The van der Waals surface area contributed by atoms with Gasteiger partial charge >= 0.3 is 0 Å². The monoisotopic (exact) mass is 371 g/mol. The predicted octanol–water partition coefficient (Wildman–Crippen LogP) is 3.54. The Morgan fingerprint density at radius 2 is 2.00 bits per heavy atom. The van der Waals surface area contributed by atoms with Gasteiger partial charge in [-0.15, -0.1) is 12.4 Å². The van der Waals surface area contributed by atoms with E-state index < -0.39 is 9.84 Å². The van der Waals surface area contributed by atoms with Gasteiger partial charge in [0.15, 0.2) is 0 Å². The Kier molecular flexibility index (Phi) is 7.28. The van der Waals surface area contributed by atoms with Crippen LogP contribution in [0, 0.1) is 5.92 Å². The number of hydrogen-bond acceptors (Lipinski definition) is 3. The van der Waals surface area contributed by atoms with E-state index in [1.165, 1.54) is 6.26 Å². The minimum absolute atomic E-state index is 0. The van der Waals surface area contributed by atoms with Crippen LogP contribution in [-0.2, 0) is 9.84 Å². The molecule has 1 fully saturated rings. The quantitative estimate of drug-likeness (QED) is 0.882. The summed E-state index contributed by atoms with van der Waals surface area (Å²) >= 11 is 12.0. The Balaban J connectivity index is 0.00000220. The predicted molar refractivity (Wildman–Crippen MR) is 91.8 cm³/mol. The van der Waals surface area contributed by atoms with Crippen molar-refractivity contribution < 1.29 is 8.42 Å². The van der Waals surface area contributed by atoms with Crippen LogP contribution in [0.25, 0.3) is 0 Å². The second kappa shape index (κ2) is 8.02. The maximum absolute atomic E-state index is 11.6. The van der Waals surface area contributed by atoms with Crippen LogP contribution in [0.4, 0.5) is 0 Å². The molecule has 0 saturated carbocycles. The maximum Gasteiger partial charge on any atom is 0.147 e. The summed E-state index contributed by atoms with van der Waals surface area (Å²) in [6, 6.07) is 5.58. The highest BCUT2D eigenvalue weighted by Gasteiger charge is 2.28. The topological polar surface area (TPSA) is 46.2 Å². The molecule has 0 aliphatic carbocycles. The number of hydrogen-bond donors (Lipinski definition) is 1. The molecule has 2 atom stereocenters. The molecular formula is C14H20Cl3NO2S. The fraction of sp³-hybridized carbons (Fsp3) is 0.571. The highest BCUT2D eigenvalue weighted by atomic mass is 35.5. The zero-order chi connectivity index (χ0) is 14.8. The van der Waals surface area contributed by atoms with E-state index in [1.807, 2.05) is 12.1 Å². The molecule has 0 aromatic heterocycles. The first-order valence-electron chi connectivity index (χ1n) is 6.70. The summed E-state index contributed by atoms with van der Waals surface area (Å²) in [5.74, 6) is 0.499. The Bertz CT molecular complexity index is 578. The Hall–Kier alpha value is -0.000000000000000167. The zero-order valence-corrected chi connectivity index (χ0v) is 15.0. The molecule has 0 bridgehead atoms. The van der Waals surface area contributed by atoms with Crippen LogP contribution in [0.2, 0.25) is 10.0 Å². The third-order valence-corrected chi connectivity index (χ3v) is 5.52. The van der Waals surface area contributed by atoms with E-state index in [9.17, 15) is 8.42 Å². The van der Waals surface area contributed by atoms with Gasteiger partial charge in [0.25, 0.3) is 0 Å². The Morgan fingerprint density at radius 1 is 1.29 bits per heavy atom. The molecule has 0 spiro atoms. The van der Waals surface area contributed by atoms with Gasteiger partial charge in [0.05, 0.1) is 15.8 Å². The molecular weight excluding hydrogens is 353 g/mol. The van der Waals surface area contributed by atoms with E-state index in [0.29, 0.717) is 10.0 Å². The van der Waals surface area contributed by atoms with E-state index in [1.54, 1.807) is 6.07 Å². The van der Waals surface area contributed by atoms with Gasteiger partial charge in [0.2, 0.25) is 0 Å². The molecule has 1 aromatic rings. The van der Waals surface area contributed by atoms with Gasteiger partial charge in [0.1, 0.15) is 9.84 Å². The lowest BCUT2D eigenvalue weighted by atomic mass is 9.85. The first-order valence-corrected chi connectivity index (χ1v) is 9.52. The summed E-state index contributed by atoms with van der Waals surface area (Å²) < 4.78 is 23.3. The molecule has 2 unspecified atom stereocenters. The molecule has 1 aromatic carbocycles. The molecule has 120 valence electrons. The summed E-state index contributed by atoms with van der Waals surface area (Å²) in [5, 5.41) is 4.42. The fourth-order valence-electron chi connectivity index (χ4n) is 2.84. The van der Waals surface area contributed by atoms with Crippen molar-refractivity contribution in [1.82, 2.24) is 5.32 Å². The van der Waals surface area contributed by atoms with Gasteiger partial charge < -0.3 is 5.32 Å². The van der Waals surface area contributed by atoms with Crippen LogP contribution >= 0.6 is 35.6 Å². The van der Waals surface area contributed by atoms with Crippen LogP contribution < -0.4 is 5.32 Å². The van der Waals surface area contributed by atoms with Crippen molar-refractivity contribution in [3.63, 3.8) is 0 Å². The van der Waals surface area contributed by atoms with Gasteiger partial charge in [-0.1, -0.05) is 29.3 Å². The molecule has 1 N–H and O–H groups in total. The van der Waals surface area contributed by atoms with Gasteiger partial charge in [-0.05, 0) is 43.0 Å². The largest absolute Gasteiger partial charge is 0.316 e. The van der Waals surface area contributed by atoms with Crippen molar-refractivity contribution in [2.45, 2.75) is 18.8 Å². The van der Waals surface area contributed by atoms with E-state index >= 15 is 0 Å². The smallest absolute Gasteiger partial charge is 0.147 e. The van der Waals surface area contributed by atoms with E-state index in [0.717, 1.165) is 31.5 Å². The van der Waals surface area contributed by atoms with Crippen LogP contribution in [0.1, 0.15) is 24.3 Å². The van der Waals surface area contributed by atoms with Gasteiger partial charge in [0, 0.05) is 18.7 Å². The third-order valence-electron chi connectivity index (χ3n) is 3.75. The first kappa shape index (κ1) is 19.0. The molecule has 3 nitrogen and oxygen atoms in total. The van der Waals surface area contributed by atoms with Gasteiger partial charge in [-0.2, -0.15) is 0 Å². The Labute approximate surface area is 142 Å². The lowest BCUT2D eigenvalue weighted by Crippen LogP contribution is -2.27. The van der Waals surface area contributed by atoms with Crippen molar-refractivity contribution >= 4 is 45.4 Å². The Morgan fingerprint density at radius 3 is 2.62 bits per heavy atom. The first-order chi connectivity index (χ1) is 9.37. The second-order valence-electron chi connectivity index (χ2n) is 5.48. The minimum Gasteiger partial charge on any atom is -0.316 e. The lowest BCUT2D eigenvalue weighted by molar-refractivity contribution is 0.446. The lowest BCUT2D eigenvalue weighted by Gasteiger charge is -2.25. The van der Waals surface area contributed by atoms with Crippen molar-refractivity contribution in [2.75, 3.05) is 25.1 Å². The summed E-state index contributed by atoms with van der Waals surface area (Å²) in [6.45, 7) is 1.70. The highest BCUT2D eigenvalue weighted by molar-refractivity contribution is 7.90. The summed E-state index contributed by atoms with van der Waals surface area (Å²) in [5.41, 5.74) is 1.06. The number of nitrogens with one attached hydrogen (secondary N) is 1. The van der Waals surface area contributed by atoms with E-state index in [2.05, 4.69) is 5.32 Å². The van der Waals surface area contributed by atoms with Gasteiger partial charge in [-0.25, -0.2) is 8.42 Å². The molecule has 7 heteroatoms. The van der Waals surface area contributed by atoms with Crippen molar-refractivity contribution in [3.05, 3.63) is 33.8 Å².